The number of nitrogens with zero attached hydrogens (tertiary/aromatic N) is 1. The zero-order valence-corrected chi connectivity index (χ0v) is 10.5. The Morgan fingerprint density at radius 1 is 1.07 bits per heavy atom. The average Bonchev–Trinajstić information content (AvgIpc) is 2.23. The van der Waals surface area contributed by atoms with E-state index in [0.29, 0.717) is 0 Å². The standard InChI is InChI=1S/C12H28N2/c1-5-12(4)8-9-13-10-11-14(6-2)7-3/h12-13H,5-11H2,1-4H3. The van der Waals surface area contributed by atoms with Crippen molar-refractivity contribution in [3.8, 4) is 0 Å². The lowest BCUT2D eigenvalue weighted by Crippen LogP contribution is -2.32. The predicted molar refractivity (Wildman–Crippen MR) is 64.7 cm³/mol. The summed E-state index contributed by atoms with van der Waals surface area (Å²) in [5, 5.41) is 3.51. The molecule has 1 atom stereocenters. The van der Waals surface area contributed by atoms with E-state index in [1.54, 1.807) is 0 Å². The fraction of sp³-hybridized carbons (Fsp3) is 1.00. The third kappa shape index (κ3) is 7.34. The maximum atomic E-state index is 3.51. The summed E-state index contributed by atoms with van der Waals surface area (Å²) in [5.41, 5.74) is 0. The molecule has 0 saturated heterocycles. The van der Waals surface area contributed by atoms with E-state index in [2.05, 4.69) is 37.9 Å². The van der Waals surface area contributed by atoms with E-state index in [1.165, 1.54) is 39.0 Å². The molecule has 0 aromatic heterocycles. The minimum Gasteiger partial charge on any atom is -0.315 e. The summed E-state index contributed by atoms with van der Waals surface area (Å²) >= 11 is 0. The molecule has 0 heterocycles. The molecule has 0 aliphatic carbocycles. The monoisotopic (exact) mass is 200 g/mol. The van der Waals surface area contributed by atoms with Crippen LogP contribution in [0, 0.1) is 5.92 Å². The third-order valence-corrected chi connectivity index (χ3v) is 3.01. The van der Waals surface area contributed by atoms with Gasteiger partial charge in [-0.1, -0.05) is 34.1 Å². The SMILES string of the molecule is CCC(C)CCNCCN(CC)CC. The molecule has 0 rings (SSSR count). The topological polar surface area (TPSA) is 15.3 Å². The van der Waals surface area contributed by atoms with E-state index >= 15 is 0 Å². The van der Waals surface area contributed by atoms with E-state index in [1.807, 2.05) is 0 Å². The van der Waals surface area contributed by atoms with Crippen LogP contribution in [-0.2, 0) is 0 Å². The van der Waals surface area contributed by atoms with Crippen LogP contribution in [0.25, 0.3) is 0 Å². The van der Waals surface area contributed by atoms with Gasteiger partial charge in [-0.3, -0.25) is 0 Å². The highest BCUT2D eigenvalue weighted by Crippen LogP contribution is 2.03. The molecule has 2 nitrogen and oxygen atoms in total. The fourth-order valence-electron chi connectivity index (χ4n) is 1.45. The van der Waals surface area contributed by atoms with Crippen LogP contribution < -0.4 is 5.32 Å². The molecule has 0 radical (unpaired) electrons. The van der Waals surface area contributed by atoms with Crippen LogP contribution in [0.5, 0.6) is 0 Å². The Hall–Kier alpha value is -0.0800. The van der Waals surface area contributed by atoms with Crippen LogP contribution in [0.2, 0.25) is 0 Å². The molecular weight excluding hydrogens is 172 g/mol. The summed E-state index contributed by atoms with van der Waals surface area (Å²) in [6.07, 6.45) is 2.62. The molecule has 1 unspecified atom stereocenters. The molecule has 0 bridgehead atoms. The van der Waals surface area contributed by atoms with Crippen molar-refractivity contribution in [1.82, 2.24) is 10.2 Å². The summed E-state index contributed by atoms with van der Waals surface area (Å²) in [4.78, 5) is 2.45. The Labute approximate surface area is 90.1 Å². The molecule has 0 aliphatic rings. The van der Waals surface area contributed by atoms with Gasteiger partial charge in [0.25, 0.3) is 0 Å². The van der Waals surface area contributed by atoms with Gasteiger partial charge >= 0.3 is 0 Å². The Morgan fingerprint density at radius 2 is 1.71 bits per heavy atom. The second-order valence-corrected chi connectivity index (χ2v) is 4.08. The second kappa shape index (κ2) is 9.47. The summed E-state index contributed by atoms with van der Waals surface area (Å²) < 4.78 is 0. The van der Waals surface area contributed by atoms with E-state index in [0.717, 1.165) is 12.5 Å². The van der Waals surface area contributed by atoms with Gasteiger partial charge in [0.1, 0.15) is 0 Å². The van der Waals surface area contributed by atoms with Crippen LogP contribution in [0.1, 0.15) is 40.5 Å². The highest BCUT2D eigenvalue weighted by atomic mass is 15.1. The zero-order chi connectivity index (χ0) is 10.8. The van der Waals surface area contributed by atoms with Crippen LogP contribution in [0.3, 0.4) is 0 Å². The van der Waals surface area contributed by atoms with Gasteiger partial charge < -0.3 is 10.2 Å². The maximum absolute atomic E-state index is 3.51. The van der Waals surface area contributed by atoms with Crippen molar-refractivity contribution in [2.75, 3.05) is 32.7 Å². The first-order chi connectivity index (χ1) is 6.74. The number of hydrogen-bond acceptors (Lipinski definition) is 2. The van der Waals surface area contributed by atoms with Crippen molar-refractivity contribution < 1.29 is 0 Å². The van der Waals surface area contributed by atoms with Crippen LogP contribution in [-0.4, -0.2) is 37.6 Å². The molecular formula is C12H28N2. The van der Waals surface area contributed by atoms with Gasteiger partial charge in [-0.2, -0.15) is 0 Å². The number of rotatable bonds is 9. The molecule has 0 spiro atoms. The first kappa shape index (κ1) is 13.9. The van der Waals surface area contributed by atoms with Crippen LogP contribution in [0.4, 0.5) is 0 Å². The lowest BCUT2D eigenvalue weighted by atomic mass is 10.1. The molecule has 14 heavy (non-hydrogen) atoms. The maximum Gasteiger partial charge on any atom is 0.0107 e. The van der Waals surface area contributed by atoms with Gasteiger partial charge in [-0.25, -0.2) is 0 Å². The van der Waals surface area contributed by atoms with Crippen molar-refractivity contribution in [1.29, 1.82) is 0 Å². The Bertz CT molecular complexity index is 111. The van der Waals surface area contributed by atoms with Gasteiger partial charge in [0.05, 0.1) is 0 Å². The zero-order valence-electron chi connectivity index (χ0n) is 10.5. The van der Waals surface area contributed by atoms with Gasteiger partial charge in [-0.15, -0.1) is 0 Å². The Morgan fingerprint density at radius 3 is 2.21 bits per heavy atom. The molecule has 0 aromatic rings. The predicted octanol–water partition coefficient (Wildman–Crippen LogP) is 2.35. The van der Waals surface area contributed by atoms with E-state index < -0.39 is 0 Å². The highest BCUT2D eigenvalue weighted by Gasteiger charge is 1.99. The minimum atomic E-state index is 0.871. The van der Waals surface area contributed by atoms with E-state index in [9.17, 15) is 0 Å². The molecule has 2 heteroatoms. The molecule has 0 amide bonds. The van der Waals surface area contributed by atoms with Crippen molar-refractivity contribution in [3.63, 3.8) is 0 Å². The third-order valence-electron chi connectivity index (χ3n) is 3.01. The fourth-order valence-corrected chi connectivity index (χ4v) is 1.45. The number of nitrogens with one attached hydrogen (secondary N) is 1. The smallest absolute Gasteiger partial charge is 0.0107 e. The highest BCUT2D eigenvalue weighted by molar-refractivity contribution is 4.57. The lowest BCUT2D eigenvalue weighted by Gasteiger charge is -2.18. The summed E-state index contributed by atoms with van der Waals surface area (Å²) in [5.74, 6) is 0.871. The summed E-state index contributed by atoms with van der Waals surface area (Å²) in [6, 6.07) is 0. The van der Waals surface area contributed by atoms with Gasteiger partial charge in [0.15, 0.2) is 0 Å². The summed E-state index contributed by atoms with van der Waals surface area (Å²) in [7, 11) is 0. The van der Waals surface area contributed by atoms with E-state index in [4.69, 9.17) is 0 Å². The first-order valence-corrected chi connectivity index (χ1v) is 6.17. The molecule has 86 valence electrons. The quantitative estimate of drug-likeness (QED) is 0.575. The number of hydrogen-bond donors (Lipinski definition) is 1. The molecule has 0 fully saturated rings. The normalized spacial score (nSPS) is 13.5. The van der Waals surface area contributed by atoms with Crippen LogP contribution in [0.15, 0.2) is 0 Å². The summed E-state index contributed by atoms with van der Waals surface area (Å²) in [6.45, 7) is 14.9. The van der Waals surface area contributed by atoms with Crippen molar-refractivity contribution >= 4 is 0 Å². The van der Waals surface area contributed by atoms with Gasteiger partial charge in [0.2, 0.25) is 0 Å². The average molecular weight is 200 g/mol. The minimum absolute atomic E-state index is 0.871. The van der Waals surface area contributed by atoms with E-state index in [-0.39, 0.29) is 0 Å². The molecule has 1 N–H and O–H groups in total. The van der Waals surface area contributed by atoms with Crippen molar-refractivity contribution in [3.05, 3.63) is 0 Å². The van der Waals surface area contributed by atoms with Gasteiger partial charge in [-0.05, 0) is 32.0 Å². The van der Waals surface area contributed by atoms with Gasteiger partial charge in [0, 0.05) is 13.1 Å². The molecule has 0 aliphatic heterocycles. The number of likely N-dealkylation sites (N-methyl/N-ethyl adjacent to an activating group) is 1. The van der Waals surface area contributed by atoms with Crippen molar-refractivity contribution in [2.45, 2.75) is 40.5 Å². The largest absolute Gasteiger partial charge is 0.315 e. The first-order valence-electron chi connectivity index (χ1n) is 6.17. The lowest BCUT2D eigenvalue weighted by molar-refractivity contribution is 0.301. The van der Waals surface area contributed by atoms with Crippen molar-refractivity contribution in [2.24, 2.45) is 5.92 Å². The molecule has 0 saturated carbocycles. The van der Waals surface area contributed by atoms with Crippen LogP contribution >= 0.6 is 0 Å². The Balaban J connectivity index is 3.20. The Kier molecular flexibility index (Phi) is 9.42. The second-order valence-electron chi connectivity index (χ2n) is 4.08. The molecule has 0 aromatic carbocycles.